The Bertz CT molecular complexity index is 1100. The largest absolute Gasteiger partial charge is 0.495 e. The Balaban J connectivity index is 1.75. The Hall–Kier alpha value is -3.68. The highest BCUT2D eigenvalue weighted by Crippen LogP contribution is 2.36. The third kappa shape index (κ3) is 3.52. The Morgan fingerprint density at radius 2 is 1.90 bits per heavy atom. The van der Waals surface area contributed by atoms with E-state index in [0.29, 0.717) is 34.6 Å². The Labute approximate surface area is 174 Å². The van der Waals surface area contributed by atoms with Crippen molar-refractivity contribution in [2.24, 2.45) is 0 Å². The van der Waals surface area contributed by atoms with Gasteiger partial charge in [-0.05, 0) is 46.5 Å². The molecule has 154 valence electrons. The van der Waals surface area contributed by atoms with Crippen LogP contribution in [0.15, 0.2) is 59.8 Å². The molecule has 4 rings (SSSR count). The number of rotatable bonds is 5. The van der Waals surface area contributed by atoms with Crippen LogP contribution in [0.4, 0.5) is 11.6 Å². The lowest BCUT2D eigenvalue weighted by molar-refractivity contribution is -0.113. The molecule has 1 atom stereocenters. The summed E-state index contributed by atoms with van der Waals surface area (Å²) in [4.78, 5) is 13.4. The number of para-hydroxylation sites is 2. The van der Waals surface area contributed by atoms with Gasteiger partial charge < -0.3 is 15.4 Å². The molecule has 2 N–H and O–H groups in total. The molecule has 1 amide bonds. The number of amides is 1. The zero-order valence-corrected chi connectivity index (χ0v) is 17.4. The highest BCUT2D eigenvalue weighted by atomic mass is 16.5. The van der Waals surface area contributed by atoms with Crippen molar-refractivity contribution in [3.8, 4) is 5.75 Å². The van der Waals surface area contributed by atoms with E-state index >= 15 is 0 Å². The number of hydrogen-bond acceptors (Lipinski definition) is 6. The molecular weight excluding hydrogens is 380 g/mol. The van der Waals surface area contributed by atoms with Crippen molar-refractivity contribution in [3.05, 3.63) is 70.9 Å². The van der Waals surface area contributed by atoms with Crippen LogP contribution in [-0.4, -0.2) is 33.2 Å². The maximum atomic E-state index is 13.4. The third-order valence-corrected chi connectivity index (χ3v) is 5.23. The van der Waals surface area contributed by atoms with E-state index in [1.54, 1.807) is 23.9 Å². The summed E-state index contributed by atoms with van der Waals surface area (Å²) in [6.45, 7) is 6.15. The van der Waals surface area contributed by atoms with E-state index in [1.165, 1.54) is 5.56 Å². The lowest BCUT2D eigenvalue weighted by atomic mass is 9.92. The first-order valence-electron chi connectivity index (χ1n) is 9.79. The van der Waals surface area contributed by atoms with Crippen molar-refractivity contribution in [2.45, 2.75) is 32.7 Å². The Kier molecular flexibility index (Phi) is 5.22. The second-order valence-electron chi connectivity index (χ2n) is 7.49. The maximum absolute atomic E-state index is 13.4. The molecular formula is C22H24N6O2. The van der Waals surface area contributed by atoms with Crippen molar-refractivity contribution < 1.29 is 9.53 Å². The molecule has 0 aliphatic carbocycles. The molecule has 30 heavy (non-hydrogen) atoms. The fourth-order valence-corrected chi connectivity index (χ4v) is 3.62. The fourth-order valence-electron chi connectivity index (χ4n) is 3.62. The smallest absolute Gasteiger partial charge is 0.255 e. The van der Waals surface area contributed by atoms with Gasteiger partial charge in [-0.1, -0.05) is 55.3 Å². The van der Waals surface area contributed by atoms with E-state index in [0.717, 1.165) is 5.56 Å². The van der Waals surface area contributed by atoms with Crippen LogP contribution in [0.5, 0.6) is 5.75 Å². The summed E-state index contributed by atoms with van der Waals surface area (Å²) in [5, 5.41) is 18.1. The number of fused-ring (bicyclic) bond motifs is 1. The minimum Gasteiger partial charge on any atom is -0.495 e. The van der Waals surface area contributed by atoms with Crippen LogP contribution in [0.2, 0.25) is 0 Å². The van der Waals surface area contributed by atoms with E-state index in [4.69, 9.17) is 4.74 Å². The molecule has 0 radical (unpaired) electrons. The number of ether oxygens (including phenoxy) is 1. The SMILES string of the molecule is COc1ccccc1NC(=O)C1=C(C)Nc2nnnn2C1c1ccc(C(C)C)cc1. The number of anilines is 2. The minimum absolute atomic E-state index is 0.247. The Morgan fingerprint density at radius 3 is 2.60 bits per heavy atom. The summed E-state index contributed by atoms with van der Waals surface area (Å²) >= 11 is 0. The van der Waals surface area contributed by atoms with Crippen molar-refractivity contribution in [3.63, 3.8) is 0 Å². The second kappa shape index (κ2) is 7.98. The molecule has 2 heterocycles. The summed E-state index contributed by atoms with van der Waals surface area (Å²) in [7, 11) is 1.57. The number of nitrogens with one attached hydrogen (secondary N) is 2. The summed E-state index contributed by atoms with van der Waals surface area (Å²) < 4.78 is 7.00. The number of aromatic nitrogens is 4. The van der Waals surface area contributed by atoms with Gasteiger partial charge in [0.05, 0.1) is 18.4 Å². The standard InChI is InChI=1S/C22H24N6O2/c1-13(2)15-9-11-16(12-10-15)20-19(14(3)23-22-25-26-27-28(20)22)21(29)24-17-7-5-6-8-18(17)30-4/h5-13,20H,1-4H3,(H,24,29)(H,23,25,27). The van der Waals surface area contributed by atoms with Gasteiger partial charge in [0, 0.05) is 5.70 Å². The van der Waals surface area contributed by atoms with Gasteiger partial charge in [-0.25, -0.2) is 0 Å². The first-order valence-corrected chi connectivity index (χ1v) is 9.79. The number of tetrazole rings is 1. The topological polar surface area (TPSA) is 94.0 Å². The van der Waals surface area contributed by atoms with Gasteiger partial charge in [0.1, 0.15) is 11.8 Å². The zero-order chi connectivity index (χ0) is 21.3. The lowest BCUT2D eigenvalue weighted by Gasteiger charge is -2.28. The highest BCUT2D eigenvalue weighted by Gasteiger charge is 2.34. The number of carbonyl (C=O) groups excluding carboxylic acids is 1. The zero-order valence-electron chi connectivity index (χ0n) is 17.4. The molecule has 1 aliphatic heterocycles. The molecule has 8 heteroatoms. The molecule has 0 saturated carbocycles. The van der Waals surface area contributed by atoms with E-state index in [1.807, 2.05) is 31.2 Å². The first kappa shape index (κ1) is 19.6. The monoisotopic (exact) mass is 404 g/mol. The van der Waals surface area contributed by atoms with E-state index < -0.39 is 6.04 Å². The summed E-state index contributed by atoms with van der Waals surface area (Å²) in [5.74, 6) is 1.26. The predicted molar refractivity (Wildman–Crippen MR) is 114 cm³/mol. The maximum Gasteiger partial charge on any atom is 0.255 e. The van der Waals surface area contributed by atoms with E-state index in [2.05, 4.69) is 52.1 Å². The van der Waals surface area contributed by atoms with Crippen LogP contribution in [0.1, 0.15) is 43.9 Å². The number of hydrogen-bond donors (Lipinski definition) is 2. The Morgan fingerprint density at radius 1 is 1.17 bits per heavy atom. The van der Waals surface area contributed by atoms with Gasteiger partial charge in [0.2, 0.25) is 5.95 Å². The van der Waals surface area contributed by atoms with Crippen LogP contribution >= 0.6 is 0 Å². The van der Waals surface area contributed by atoms with Gasteiger partial charge in [-0.2, -0.15) is 4.68 Å². The summed E-state index contributed by atoms with van der Waals surface area (Å²) in [6.07, 6.45) is 0. The lowest BCUT2D eigenvalue weighted by Crippen LogP contribution is -2.31. The number of methoxy groups -OCH3 is 1. The predicted octanol–water partition coefficient (Wildman–Crippen LogP) is 3.73. The number of nitrogens with zero attached hydrogens (tertiary/aromatic N) is 4. The third-order valence-electron chi connectivity index (χ3n) is 5.23. The average molecular weight is 404 g/mol. The molecule has 3 aromatic rings. The first-order chi connectivity index (χ1) is 14.5. The highest BCUT2D eigenvalue weighted by molar-refractivity contribution is 6.06. The van der Waals surface area contributed by atoms with Gasteiger partial charge >= 0.3 is 0 Å². The second-order valence-corrected chi connectivity index (χ2v) is 7.49. The van der Waals surface area contributed by atoms with E-state index in [-0.39, 0.29) is 5.91 Å². The number of allylic oxidation sites excluding steroid dienone is 1. The summed E-state index contributed by atoms with van der Waals surface area (Å²) in [5.41, 5.74) is 3.99. The van der Waals surface area contributed by atoms with Crippen LogP contribution in [0, 0.1) is 0 Å². The normalized spacial score (nSPS) is 15.6. The van der Waals surface area contributed by atoms with Gasteiger partial charge in [0.25, 0.3) is 5.91 Å². The molecule has 0 saturated heterocycles. The molecule has 0 bridgehead atoms. The van der Waals surface area contributed by atoms with Crippen molar-refractivity contribution in [1.29, 1.82) is 0 Å². The molecule has 1 aliphatic rings. The van der Waals surface area contributed by atoms with Crippen LogP contribution in [-0.2, 0) is 4.79 Å². The van der Waals surface area contributed by atoms with Crippen LogP contribution < -0.4 is 15.4 Å². The van der Waals surface area contributed by atoms with Crippen molar-refractivity contribution in [1.82, 2.24) is 20.2 Å². The molecule has 8 nitrogen and oxygen atoms in total. The fraction of sp³-hybridized carbons (Fsp3) is 0.273. The molecule has 0 fully saturated rings. The van der Waals surface area contributed by atoms with Gasteiger partial charge in [-0.15, -0.1) is 0 Å². The molecule has 0 spiro atoms. The number of carbonyl (C=O) groups is 1. The number of benzene rings is 2. The molecule has 2 aromatic carbocycles. The minimum atomic E-state index is -0.452. The van der Waals surface area contributed by atoms with E-state index in [9.17, 15) is 4.79 Å². The van der Waals surface area contributed by atoms with Gasteiger partial charge in [-0.3, -0.25) is 4.79 Å². The summed E-state index contributed by atoms with van der Waals surface area (Å²) in [6, 6.07) is 15.1. The molecule has 1 aromatic heterocycles. The average Bonchev–Trinajstić information content (AvgIpc) is 3.21. The van der Waals surface area contributed by atoms with Gasteiger partial charge in [0.15, 0.2) is 0 Å². The quantitative estimate of drug-likeness (QED) is 0.673. The van der Waals surface area contributed by atoms with Crippen LogP contribution in [0.3, 0.4) is 0 Å². The van der Waals surface area contributed by atoms with Crippen molar-refractivity contribution >= 4 is 17.5 Å². The molecule has 1 unspecified atom stereocenters. The van der Waals surface area contributed by atoms with Crippen molar-refractivity contribution in [2.75, 3.05) is 17.7 Å². The van der Waals surface area contributed by atoms with Crippen LogP contribution in [0.25, 0.3) is 0 Å².